The minimum absolute atomic E-state index is 0.339. The predicted octanol–water partition coefficient (Wildman–Crippen LogP) is 8.92. The summed E-state index contributed by atoms with van der Waals surface area (Å²) < 4.78 is 36.2. The van der Waals surface area contributed by atoms with Crippen LogP contribution < -0.4 is 10.2 Å². The largest absolute Gasteiger partial charge is 0.346 e. The van der Waals surface area contributed by atoms with Gasteiger partial charge in [-0.1, -0.05) is 139 Å². The van der Waals surface area contributed by atoms with E-state index >= 15 is 0 Å². The van der Waals surface area contributed by atoms with Crippen molar-refractivity contribution in [3.8, 4) is 0 Å². The van der Waals surface area contributed by atoms with Crippen LogP contribution in [0.1, 0.15) is 115 Å². The van der Waals surface area contributed by atoms with Crippen molar-refractivity contribution in [3.05, 3.63) is 60.2 Å². The van der Waals surface area contributed by atoms with Gasteiger partial charge in [-0.3, -0.25) is 4.55 Å². The normalized spacial score (nSPS) is 17.1. The van der Waals surface area contributed by atoms with Gasteiger partial charge in [-0.25, -0.2) is 0 Å². The van der Waals surface area contributed by atoms with Gasteiger partial charge in [0.15, 0.2) is 0 Å². The molecule has 2 aromatic carbocycles. The number of anilines is 2. The van der Waals surface area contributed by atoms with Crippen molar-refractivity contribution in [1.82, 2.24) is 0 Å². The molecular weight excluding hydrogens is 480 g/mol. The Morgan fingerprint density at radius 1 is 0.703 bits per heavy atom. The number of rotatable bonds is 19. The van der Waals surface area contributed by atoms with E-state index in [0.29, 0.717) is 13.0 Å². The van der Waals surface area contributed by atoms with E-state index in [2.05, 4.69) is 12.2 Å². The first-order valence-corrected chi connectivity index (χ1v) is 16.1. The fourth-order valence-corrected chi connectivity index (χ4v) is 6.61. The fourth-order valence-electron chi connectivity index (χ4n) is 5.53. The average Bonchev–Trinajstić information content (AvgIpc) is 3.21. The Hall–Kier alpha value is -2.05. The Balaban J connectivity index is 1.42. The average molecular weight is 529 g/mol. The summed E-state index contributed by atoms with van der Waals surface area (Å²) >= 11 is 0. The molecule has 6 heteroatoms. The molecule has 1 heterocycles. The van der Waals surface area contributed by atoms with Gasteiger partial charge < -0.3 is 10.2 Å². The summed E-state index contributed by atoms with van der Waals surface area (Å²) in [4.78, 5) is 0.292. The van der Waals surface area contributed by atoms with Crippen molar-refractivity contribution < 1.29 is 13.0 Å². The van der Waals surface area contributed by atoms with Crippen LogP contribution >= 0.6 is 0 Å². The molecule has 1 aliphatic heterocycles. The third kappa shape index (κ3) is 8.75. The van der Waals surface area contributed by atoms with Gasteiger partial charge in [0.05, 0.1) is 11.4 Å². The molecule has 0 spiro atoms. The van der Waals surface area contributed by atoms with Crippen LogP contribution in [-0.2, 0) is 16.7 Å². The molecule has 5 nitrogen and oxygen atoms in total. The molecule has 1 atom stereocenters. The van der Waals surface area contributed by atoms with Crippen molar-refractivity contribution in [3.63, 3.8) is 0 Å². The molecule has 0 radical (unpaired) electrons. The Morgan fingerprint density at radius 3 is 1.73 bits per heavy atom. The molecule has 0 saturated heterocycles. The van der Waals surface area contributed by atoms with Gasteiger partial charge in [0.2, 0.25) is 4.99 Å². The van der Waals surface area contributed by atoms with E-state index < -0.39 is 15.1 Å². The van der Waals surface area contributed by atoms with Crippen LogP contribution in [0, 0.1) is 0 Å². The minimum atomic E-state index is -4.41. The highest BCUT2D eigenvalue weighted by atomic mass is 32.2. The number of nitrogens with zero attached hydrogens (tertiary/aromatic N) is 1. The highest BCUT2D eigenvalue weighted by Gasteiger charge is 2.52. The zero-order valence-corrected chi connectivity index (χ0v) is 23.7. The second-order valence-corrected chi connectivity index (χ2v) is 12.3. The molecule has 0 saturated carbocycles. The zero-order valence-electron chi connectivity index (χ0n) is 22.8. The maximum Gasteiger partial charge on any atom is 0.308 e. The van der Waals surface area contributed by atoms with Crippen LogP contribution in [0.15, 0.2) is 54.6 Å². The van der Waals surface area contributed by atoms with Crippen molar-refractivity contribution in [2.75, 3.05) is 10.2 Å². The van der Waals surface area contributed by atoms with Gasteiger partial charge in [0.1, 0.15) is 0 Å². The second kappa shape index (κ2) is 15.4. The smallest absolute Gasteiger partial charge is 0.308 e. The molecule has 2 N–H and O–H groups in total. The number of unbranched alkanes of at least 4 members (excludes halogenated alkanes) is 14. The zero-order chi connectivity index (χ0) is 26.4. The topological polar surface area (TPSA) is 69.6 Å². The monoisotopic (exact) mass is 528 g/mol. The standard InChI is InChI=1S/C31H48N2O3S/c1-2-3-4-5-6-7-8-9-10-11-12-13-14-15-21-26-31(37(34,35)36)32-29-24-19-20-25-30(29)33(31)27-28-22-17-16-18-23-28/h16-20,22-25,32H,2-15,21,26-27H2,1H3,(H,34,35,36). The summed E-state index contributed by atoms with van der Waals surface area (Å²) in [7, 11) is -4.41. The maximum absolute atomic E-state index is 12.9. The molecular formula is C31H48N2O3S. The van der Waals surface area contributed by atoms with E-state index in [0.717, 1.165) is 36.2 Å². The molecule has 0 bridgehead atoms. The lowest BCUT2D eigenvalue weighted by atomic mass is 10.0. The Labute approximate surface area is 225 Å². The van der Waals surface area contributed by atoms with Crippen LogP contribution in [0.2, 0.25) is 0 Å². The van der Waals surface area contributed by atoms with Gasteiger partial charge in [0, 0.05) is 13.0 Å². The van der Waals surface area contributed by atoms with Crippen molar-refractivity contribution in [2.45, 2.75) is 121 Å². The minimum Gasteiger partial charge on any atom is -0.346 e. The summed E-state index contributed by atoms with van der Waals surface area (Å²) in [6.45, 7) is 2.67. The van der Waals surface area contributed by atoms with Gasteiger partial charge in [-0.05, 0) is 24.1 Å². The van der Waals surface area contributed by atoms with Crippen molar-refractivity contribution >= 4 is 21.5 Å². The molecule has 3 rings (SSSR count). The molecule has 2 aromatic rings. The first-order valence-electron chi connectivity index (χ1n) is 14.6. The first kappa shape index (κ1) is 29.5. The number of para-hydroxylation sites is 2. The lowest BCUT2D eigenvalue weighted by Crippen LogP contribution is -2.56. The van der Waals surface area contributed by atoms with Crippen molar-refractivity contribution in [1.29, 1.82) is 0 Å². The molecule has 0 aromatic heterocycles. The number of fused-ring (bicyclic) bond motifs is 1. The van der Waals surface area contributed by atoms with E-state index in [1.807, 2.05) is 59.5 Å². The summed E-state index contributed by atoms with van der Waals surface area (Å²) in [6.07, 6.45) is 19.2. The number of nitrogens with one attached hydrogen (secondary N) is 1. The number of hydrogen-bond donors (Lipinski definition) is 2. The Bertz CT molecular complexity index is 1010. The summed E-state index contributed by atoms with van der Waals surface area (Å²) in [6, 6.07) is 17.4. The highest BCUT2D eigenvalue weighted by molar-refractivity contribution is 7.87. The highest BCUT2D eigenvalue weighted by Crippen LogP contribution is 2.45. The fraction of sp³-hybridized carbons (Fsp3) is 0.613. The third-order valence-corrected chi connectivity index (χ3v) is 9.07. The van der Waals surface area contributed by atoms with E-state index in [1.54, 1.807) is 0 Å². The lowest BCUT2D eigenvalue weighted by Gasteiger charge is -2.37. The SMILES string of the molecule is CCCCCCCCCCCCCCCCCC1(S(=O)(=O)O)Nc2ccccc2N1Cc1ccccc1. The lowest BCUT2D eigenvalue weighted by molar-refractivity contribution is 0.408. The molecule has 0 fully saturated rings. The summed E-state index contributed by atoms with van der Waals surface area (Å²) in [5, 5.41) is 3.20. The molecule has 37 heavy (non-hydrogen) atoms. The van der Waals surface area contributed by atoms with Crippen LogP contribution in [0.5, 0.6) is 0 Å². The summed E-state index contributed by atoms with van der Waals surface area (Å²) in [5.41, 5.74) is 2.56. The van der Waals surface area contributed by atoms with Gasteiger partial charge in [0.25, 0.3) is 0 Å². The van der Waals surface area contributed by atoms with E-state index in [1.165, 1.54) is 77.0 Å². The van der Waals surface area contributed by atoms with Crippen LogP contribution in [0.25, 0.3) is 0 Å². The molecule has 1 aliphatic rings. The molecule has 206 valence electrons. The van der Waals surface area contributed by atoms with E-state index in [-0.39, 0.29) is 0 Å². The number of benzene rings is 2. The van der Waals surface area contributed by atoms with Crippen LogP contribution in [0.4, 0.5) is 11.4 Å². The maximum atomic E-state index is 12.9. The van der Waals surface area contributed by atoms with Crippen LogP contribution in [0.3, 0.4) is 0 Å². The van der Waals surface area contributed by atoms with E-state index in [9.17, 15) is 13.0 Å². The first-order chi connectivity index (χ1) is 18.0. The molecule has 0 amide bonds. The third-order valence-electron chi connectivity index (χ3n) is 7.69. The summed E-state index contributed by atoms with van der Waals surface area (Å²) in [5.74, 6) is 0. The molecule has 0 aliphatic carbocycles. The van der Waals surface area contributed by atoms with Gasteiger partial charge in [-0.15, -0.1) is 0 Å². The van der Waals surface area contributed by atoms with E-state index in [4.69, 9.17) is 0 Å². The quantitative estimate of drug-likeness (QED) is 0.141. The van der Waals surface area contributed by atoms with Gasteiger partial charge >= 0.3 is 10.1 Å². The van der Waals surface area contributed by atoms with Crippen molar-refractivity contribution in [2.24, 2.45) is 0 Å². The van der Waals surface area contributed by atoms with Gasteiger partial charge in [-0.2, -0.15) is 8.42 Å². The second-order valence-electron chi connectivity index (χ2n) is 10.7. The predicted molar refractivity (Wildman–Crippen MR) is 157 cm³/mol. The van der Waals surface area contributed by atoms with Crippen LogP contribution in [-0.4, -0.2) is 18.0 Å². The Kier molecular flexibility index (Phi) is 12.3. The number of hydrogen-bond acceptors (Lipinski definition) is 4. The molecule has 1 unspecified atom stereocenters. The Morgan fingerprint density at radius 2 is 1.19 bits per heavy atom.